The van der Waals surface area contributed by atoms with Crippen LogP contribution in [0.1, 0.15) is 26.8 Å². The Balaban J connectivity index is 2.67. The van der Waals surface area contributed by atoms with E-state index < -0.39 is 7.12 Å². The molecule has 1 aromatic rings. The van der Waals surface area contributed by atoms with Crippen LogP contribution in [0, 0.1) is 0 Å². The summed E-state index contributed by atoms with van der Waals surface area (Å²) in [5.74, 6) is 0. The van der Waals surface area contributed by atoms with Crippen molar-refractivity contribution in [2.45, 2.75) is 26.8 Å². The van der Waals surface area contributed by atoms with Crippen molar-refractivity contribution in [3.05, 3.63) is 12.4 Å². The first kappa shape index (κ1) is 10.3. The molecule has 1 N–H and O–H groups in total. The highest BCUT2D eigenvalue weighted by Crippen LogP contribution is 1.99. The Morgan fingerprint density at radius 1 is 1.69 bits per heavy atom. The summed E-state index contributed by atoms with van der Waals surface area (Å²) in [6.45, 7) is 6.40. The maximum absolute atomic E-state index is 9.44. The van der Waals surface area contributed by atoms with Crippen molar-refractivity contribution in [3.8, 4) is 0 Å². The van der Waals surface area contributed by atoms with Crippen LogP contribution in [-0.2, 0) is 4.65 Å². The zero-order valence-electron chi connectivity index (χ0n) is 8.27. The fourth-order valence-corrected chi connectivity index (χ4v) is 1.02. The van der Waals surface area contributed by atoms with Crippen molar-refractivity contribution in [1.29, 1.82) is 0 Å². The SMILES string of the molecule is CCOB(O)c1cnn(C(C)C)c1. The zero-order chi connectivity index (χ0) is 9.84. The molecule has 4 nitrogen and oxygen atoms in total. The molecule has 0 aliphatic heterocycles. The predicted octanol–water partition coefficient (Wildman–Crippen LogP) is 0.188. The predicted molar refractivity (Wildman–Crippen MR) is 51.8 cm³/mol. The Hall–Kier alpha value is -0.805. The number of rotatable bonds is 4. The molecule has 0 aliphatic rings. The third kappa shape index (κ3) is 2.57. The van der Waals surface area contributed by atoms with Crippen LogP contribution in [0.25, 0.3) is 0 Å². The molecule has 0 bridgehead atoms. The van der Waals surface area contributed by atoms with Gasteiger partial charge in [-0.3, -0.25) is 4.68 Å². The standard InChI is InChI=1S/C8H15BN2O2/c1-4-13-9(12)8-5-10-11(6-8)7(2)3/h5-7,12H,4H2,1-3H3. The summed E-state index contributed by atoms with van der Waals surface area (Å²) >= 11 is 0. The smallest absolute Gasteiger partial charge is 0.423 e. The Bertz CT molecular complexity index is 262. The summed E-state index contributed by atoms with van der Waals surface area (Å²) in [5.41, 5.74) is 0.704. The summed E-state index contributed by atoms with van der Waals surface area (Å²) in [6.07, 6.45) is 3.42. The minimum absolute atomic E-state index is 0.308. The zero-order valence-corrected chi connectivity index (χ0v) is 8.27. The number of aromatic nitrogens is 2. The summed E-state index contributed by atoms with van der Waals surface area (Å²) < 4.78 is 6.81. The van der Waals surface area contributed by atoms with Crippen molar-refractivity contribution >= 4 is 12.6 Å². The van der Waals surface area contributed by atoms with Crippen molar-refractivity contribution in [3.63, 3.8) is 0 Å². The van der Waals surface area contributed by atoms with Crippen molar-refractivity contribution in [2.24, 2.45) is 0 Å². The van der Waals surface area contributed by atoms with Crippen LogP contribution in [0.4, 0.5) is 0 Å². The first-order valence-electron chi connectivity index (χ1n) is 4.49. The quantitative estimate of drug-likeness (QED) is 0.676. The van der Waals surface area contributed by atoms with Gasteiger partial charge in [0, 0.05) is 30.5 Å². The average molecular weight is 182 g/mol. The van der Waals surface area contributed by atoms with E-state index in [-0.39, 0.29) is 0 Å². The number of hydrogen-bond acceptors (Lipinski definition) is 3. The molecular weight excluding hydrogens is 167 g/mol. The van der Waals surface area contributed by atoms with Crippen molar-refractivity contribution in [1.82, 2.24) is 9.78 Å². The minimum atomic E-state index is -0.850. The molecule has 0 saturated carbocycles. The first-order chi connectivity index (χ1) is 6.15. The molecule has 72 valence electrons. The van der Waals surface area contributed by atoms with Crippen LogP contribution < -0.4 is 5.46 Å². The van der Waals surface area contributed by atoms with Gasteiger partial charge in [0.15, 0.2) is 0 Å². The van der Waals surface area contributed by atoms with E-state index in [9.17, 15) is 5.02 Å². The lowest BCUT2D eigenvalue weighted by Crippen LogP contribution is -2.32. The van der Waals surface area contributed by atoms with Gasteiger partial charge in [-0.1, -0.05) is 0 Å². The molecule has 0 unspecified atom stereocenters. The summed E-state index contributed by atoms with van der Waals surface area (Å²) in [5, 5.41) is 13.5. The molecule has 0 fully saturated rings. The van der Waals surface area contributed by atoms with Gasteiger partial charge in [-0.05, 0) is 20.8 Å². The highest BCUT2D eigenvalue weighted by molar-refractivity contribution is 6.59. The van der Waals surface area contributed by atoms with Gasteiger partial charge in [-0.2, -0.15) is 5.10 Å². The Morgan fingerprint density at radius 2 is 2.38 bits per heavy atom. The molecule has 0 amide bonds. The lowest BCUT2D eigenvalue weighted by atomic mass is 9.82. The van der Waals surface area contributed by atoms with Gasteiger partial charge in [-0.25, -0.2) is 0 Å². The second kappa shape index (κ2) is 4.44. The average Bonchev–Trinajstić information content (AvgIpc) is 2.52. The highest BCUT2D eigenvalue weighted by atomic mass is 16.5. The number of hydrogen-bond donors (Lipinski definition) is 1. The fraction of sp³-hybridized carbons (Fsp3) is 0.625. The van der Waals surface area contributed by atoms with Gasteiger partial charge in [0.2, 0.25) is 0 Å². The summed E-state index contributed by atoms with van der Waals surface area (Å²) in [6, 6.07) is 0.308. The molecule has 1 heterocycles. The third-order valence-electron chi connectivity index (χ3n) is 1.76. The maximum atomic E-state index is 9.44. The van der Waals surface area contributed by atoms with E-state index >= 15 is 0 Å². The molecule has 0 spiro atoms. The fourth-order valence-electron chi connectivity index (χ4n) is 1.02. The van der Waals surface area contributed by atoms with E-state index in [0.717, 1.165) is 0 Å². The minimum Gasteiger partial charge on any atom is -0.423 e. The Labute approximate surface area is 78.7 Å². The first-order valence-corrected chi connectivity index (χ1v) is 4.49. The lowest BCUT2D eigenvalue weighted by Gasteiger charge is -2.04. The third-order valence-corrected chi connectivity index (χ3v) is 1.76. The monoisotopic (exact) mass is 182 g/mol. The van der Waals surface area contributed by atoms with Crippen LogP contribution in [0.3, 0.4) is 0 Å². The van der Waals surface area contributed by atoms with Crippen LogP contribution in [0.5, 0.6) is 0 Å². The van der Waals surface area contributed by atoms with Gasteiger partial charge in [0.25, 0.3) is 0 Å². The van der Waals surface area contributed by atoms with Gasteiger partial charge in [0.1, 0.15) is 0 Å². The summed E-state index contributed by atoms with van der Waals surface area (Å²) in [4.78, 5) is 0. The lowest BCUT2D eigenvalue weighted by molar-refractivity contribution is 0.287. The van der Waals surface area contributed by atoms with Gasteiger partial charge >= 0.3 is 7.12 Å². The van der Waals surface area contributed by atoms with Crippen molar-refractivity contribution < 1.29 is 9.68 Å². The van der Waals surface area contributed by atoms with Crippen LogP contribution >= 0.6 is 0 Å². The topological polar surface area (TPSA) is 47.3 Å². The highest BCUT2D eigenvalue weighted by Gasteiger charge is 2.17. The Kier molecular flexibility index (Phi) is 3.51. The second-order valence-corrected chi connectivity index (χ2v) is 3.16. The van der Waals surface area contributed by atoms with E-state index in [0.29, 0.717) is 18.1 Å². The molecule has 0 atom stereocenters. The van der Waals surface area contributed by atoms with Gasteiger partial charge in [-0.15, -0.1) is 0 Å². The molecular formula is C8H15BN2O2. The van der Waals surface area contributed by atoms with Crippen LogP contribution in [0.15, 0.2) is 12.4 Å². The largest absolute Gasteiger partial charge is 0.494 e. The van der Waals surface area contributed by atoms with E-state index in [2.05, 4.69) is 5.10 Å². The van der Waals surface area contributed by atoms with E-state index in [4.69, 9.17) is 4.65 Å². The molecule has 0 radical (unpaired) electrons. The maximum Gasteiger partial charge on any atom is 0.494 e. The van der Waals surface area contributed by atoms with E-state index in [1.807, 2.05) is 20.8 Å². The normalized spacial score (nSPS) is 10.8. The summed E-state index contributed by atoms with van der Waals surface area (Å²) in [7, 11) is -0.850. The molecule has 1 aromatic heterocycles. The van der Waals surface area contributed by atoms with Gasteiger partial charge < -0.3 is 9.68 Å². The second-order valence-electron chi connectivity index (χ2n) is 3.16. The molecule has 1 rings (SSSR count). The van der Waals surface area contributed by atoms with Crippen LogP contribution in [0.2, 0.25) is 0 Å². The molecule has 0 aromatic carbocycles. The van der Waals surface area contributed by atoms with Gasteiger partial charge in [0.05, 0.1) is 0 Å². The van der Waals surface area contributed by atoms with E-state index in [1.54, 1.807) is 17.1 Å². The van der Waals surface area contributed by atoms with Crippen LogP contribution in [-0.4, -0.2) is 28.5 Å². The molecule has 0 aliphatic carbocycles. The van der Waals surface area contributed by atoms with E-state index in [1.165, 1.54) is 0 Å². The molecule has 0 saturated heterocycles. The van der Waals surface area contributed by atoms with Crippen molar-refractivity contribution in [2.75, 3.05) is 6.61 Å². The Morgan fingerprint density at radius 3 is 2.85 bits per heavy atom. The molecule has 5 heteroatoms. The number of nitrogens with zero attached hydrogens (tertiary/aromatic N) is 2. The molecule has 13 heavy (non-hydrogen) atoms.